The molecule has 1 aromatic heterocycles. The van der Waals surface area contributed by atoms with E-state index in [-0.39, 0.29) is 34.4 Å². The number of sulfonamides is 1. The maximum atomic E-state index is 13.4. The molecule has 0 fully saturated rings. The van der Waals surface area contributed by atoms with Crippen molar-refractivity contribution in [3.63, 3.8) is 0 Å². The van der Waals surface area contributed by atoms with Gasteiger partial charge in [0, 0.05) is 25.2 Å². The standard InChI is InChI=1S/C22H21ClN4O5S/c1-14-11-20(25-32-14)24-21(28)13-26(2)22(29)16-7-8-17(23)19(12-16)33(30,31)27-10-9-15-5-3-4-6-18(15)27/h3-8,11-12H,9-10,13H2,1-2H3,(H,24,25,28). The molecule has 9 nitrogen and oxygen atoms in total. The van der Waals surface area contributed by atoms with Crippen LogP contribution in [0.1, 0.15) is 21.7 Å². The molecule has 4 rings (SSSR count). The molecule has 0 saturated carbocycles. The van der Waals surface area contributed by atoms with Crippen molar-refractivity contribution in [1.29, 1.82) is 0 Å². The maximum absolute atomic E-state index is 13.4. The van der Waals surface area contributed by atoms with Gasteiger partial charge < -0.3 is 14.7 Å². The van der Waals surface area contributed by atoms with Gasteiger partial charge in [-0.1, -0.05) is 35.0 Å². The summed E-state index contributed by atoms with van der Waals surface area (Å²) in [4.78, 5) is 26.1. The fraction of sp³-hybridized carbons (Fsp3) is 0.227. The Hall–Kier alpha value is -3.37. The number of carbonyl (C=O) groups is 2. The number of halogens is 1. The molecule has 0 bridgehead atoms. The molecule has 0 spiro atoms. The first-order valence-electron chi connectivity index (χ1n) is 10.1. The number of hydrogen-bond donors (Lipinski definition) is 1. The fourth-order valence-corrected chi connectivity index (χ4v) is 5.63. The molecule has 0 atom stereocenters. The highest BCUT2D eigenvalue weighted by Crippen LogP contribution is 2.35. The number of likely N-dealkylation sites (N-methyl/N-ethyl adjacent to an activating group) is 1. The molecule has 3 aromatic rings. The number of nitrogens with zero attached hydrogens (tertiary/aromatic N) is 3. The highest BCUT2D eigenvalue weighted by atomic mass is 35.5. The van der Waals surface area contributed by atoms with E-state index < -0.39 is 21.8 Å². The second-order valence-electron chi connectivity index (χ2n) is 7.63. The van der Waals surface area contributed by atoms with E-state index in [4.69, 9.17) is 16.1 Å². The van der Waals surface area contributed by atoms with Crippen molar-refractivity contribution in [2.45, 2.75) is 18.2 Å². The summed E-state index contributed by atoms with van der Waals surface area (Å²) in [6, 6.07) is 12.8. The van der Waals surface area contributed by atoms with Gasteiger partial charge in [-0.25, -0.2) is 8.42 Å². The van der Waals surface area contributed by atoms with E-state index in [9.17, 15) is 18.0 Å². The second kappa shape index (κ2) is 8.87. The van der Waals surface area contributed by atoms with Crippen LogP contribution in [-0.4, -0.2) is 50.4 Å². The quantitative estimate of drug-likeness (QED) is 0.570. The molecule has 1 N–H and O–H groups in total. The van der Waals surface area contributed by atoms with Gasteiger partial charge in [-0.15, -0.1) is 0 Å². The van der Waals surface area contributed by atoms with Crippen molar-refractivity contribution < 1.29 is 22.5 Å². The van der Waals surface area contributed by atoms with Crippen molar-refractivity contribution in [1.82, 2.24) is 10.1 Å². The third-order valence-electron chi connectivity index (χ3n) is 5.21. The lowest BCUT2D eigenvalue weighted by molar-refractivity contribution is -0.116. The van der Waals surface area contributed by atoms with Gasteiger partial charge in [-0.3, -0.25) is 13.9 Å². The lowest BCUT2D eigenvalue weighted by atomic mass is 10.2. The van der Waals surface area contributed by atoms with Crippen molar-refractivity contribution in [3.05, 3.63) is 70.4 Å². The molecular weight excluding hydrogens is 468 g/mol. The maximum Gasteiger partial charge on any atom is 0.265 e. The summed E-state index contributed by atoms with van der Waals surface area (Å²) in [5.41, 5.74) is 1.62. The van der Waals surface area contributed by atoms with Crippen LogP contribution in [0.2, 0.25) is 5.02 Å². The first kappa shape index (κ1) is 22.8. The number of aryl methyl sites for hydroxylation is 1. The molecule has 0 radical (unpaired) electrons. The number of hydrogen-bond acceptors (Lipinski definition) is 6. The molecule has 0 unspecified atom stereocenters. The van der Waals surface area contributed by atoms with Crippen molar-refractivity contribution in [3.8, 4) is 0 Å². The lowest BCUT2D eigenvalue weighted by Gasteiger charge is -2.21. The number of anilines is 2. The number of carbonyl (C=O) groups excluding carboxylic acids is 2. The Kier molecular flexibility index (Phi) is 6.13. The van der Waals surface area contributed by atoms with Crippen LogP contribution in [0.25, 0.3) is 0 Å². The van der Waals surface area contributed by atoms with Crippen molar-refractivity contribution in [2.75, 3.05) is 29.8 Å². The number of fused-ring (bicyclic) bond motifs is 1. The normalized spacial score (nSPS) is 13.0. The minimum atomic E-state index is -3.99. The Morgan fingerprint density at radius 1 is 1.21 bits per heavy atom. The van der Waals surface area contributed by atoms with Gasteiger partial charge in [0.15, 0.2) is 5.82 Å². The largest absolute Gasteiger partial charge is 0.360 e. The summed E-state index contributed by atoms with van der Waals surface area (Å²) in [7, 11) is -2.55. The van der Waals surface area contributed by atoms with Crippen LogP contribution < -0.4 is 9.62 Å². The molecule has 2 aromatic carbocycles. The van der Waals surface area contributed by atoms with E-state index in [0.717, 1.165) is 5.56 Å². The smallest absolute Gasteiger partial charge is 0.265 e. The number of benzene rings is 2. The molecule has 0 aliphatic carbocycles. The highest BCUT2D eigenvalue weighted by Gasteiger charge is 2.33. The molecule has 2 amide bonds. The topological polar surface area (TPSA) is 113 Å². The summed E-state index contributed by atoms with van der Waals surface area (Å²) < 4.78 is 33.0. The minimum Gasteiger partial charge on any atom is -0.360 e. The van der Waals surface area contributed by atoms with Crippen LogP contribution >= 0.6 is 11.6 Å². The SMILES string of the molecule is Cc1cc(NC(=O)CN(C)C(=O)c2ccc(Cl)c(S(=O)(=O)N3CCc4ccccc43)c2)no1. The molecular formula is C22H21ClN4O5S. The van der Waals surface area contributed by atoms with Gasteiger partial charge in [-0.05, 0) is 43.2 Å². The van der Waals surface area contributed by atoms with E-state index in [1.165, 1.54) is 34.5 Å². The van der Waals surface area contributed by atoms with Crippen LogP contribution in [0.5, 0.6) is 0 Å². The van der Waals surface area contributed by atoms with Crippen molar-refractivity contribution >= 4 is 44.9 Å². The Bertz CT molecular complexity index is 1340. The van der Waals surface area contributed by atoms with E-state index >= 15 is 0 Å². The lowest BCUT2D eigenvalue weighted by Crippen LogP contribution is -2.35. The van der Waals surface area contributed by atoms with Gasteiger partial charge in [-0.2, -0.15) is 0 Å². The fourth-order valence-electron chi connectivity index (χ4n) is 3.63. The first-order valence-corrected chi connectivity index (χ1v) is 11.9. The zero-order valence-electron chi connectivity index (χ0n) is 17.9. The number of aromatic nitrogens is 1. The molecule has 0 saturated heterocycles. The predicted molar refractivity (Wildman–Crippen MR) is 123 cm³/mol. The third kappa shape index (κ3) is 4.57. The molecule has 1 aliphatic heterocycles. The molecule has 11 heteroatoms. The number of amides is 2. The number of nitrogens with one attached hydrogen (secondary N) is 1. The van der Waals surface area contributed by atoms with Gasteiger partial charge in [0.25, 0.3) is 15.9 Å². The monoisotopic (exact) mass is 488 g/mol. The number of rotatable bonds is 6. The van der Waals surface area contributed by atoms with Gasteiger partial charge in [0.2, 0.25) is 5.91 Å². The number of para-hydroxylation sites is 1. The highest BCUT2D eigenvalue weighted by molar-refractivity contribution is 7.93. The summed E-state index contributed by atoms with van der Waals surface area (Å²) in [6.07, 6.45) is 0.592. The van der Waals surface area contributed by atoms with E-state index in [1.807, 2.05) is 12.1 Å². The summed E-state index contributed by atoms with van der Waals surface area (Å²) in [5, 5.41) is 6.21. The second-order valence-corrected chi connectivity index (χ2v) is 9.87. The zero-order chi connectivity index (χ0) is 23.8. The average molecular weight is 489 g/mol. The molecule has 33 heavy (non-hydrogen) atoms. The van der Waals surface area contributed by atoms with Crippen LogP contribution in [-0.2, 0) is 21.2 Å². The van der Waals surface area contributed by atoms with E-state index in [0.29, 0.717) is 17.9 Å². The van der Waals surface area contributed by atoms with Gasteiger partial charge in [0.1, 0.15) is 10.7 Å². The Morgan fingerprint density at radius 3 is 2.70 bits per heavy atom. The Morgan fingerprint density at radius 2 is 1.97 bits per heavy atom. The molecule has 172 valence electrons. The predicted octanol–water partition coefficient (Wildman–Crippen LogP) is 3.10. The first-order chi connectivity index (χ1) is 15.7. The van der Waals surface area contributed by atoms with Gasteiger partial charge in [0.05, 0.1) is 17.3 Å². The zero-order valence-corrected chi connectivity index (χ0v) is 19.5. The van der Waals surface area contributed by atoms with Crippen LogP contribution in [0.15, 0.2) is 57.9 Å². The van der Waals surface area contributed by atoms with E-state index in [2.05, 4.69) is 10.5 Å². The summed E-state index contributed by atoms with van der Waals surface area (Å²) >= 11 is 6.24. The Labute approximate surface area is 196 Å². The molecule has 2 heterocycles. The third-order valence-corrected chi connectivity index (χ3v) is 7.51. The van der Waals surface area contributed by atoms with Gasteiger partial charge >= 0.3 is 0 Å². The van der Waals surface area contributed by atoms with Crippen molar-refractivity contribution in [2.24, 2.45) is 0 Å². The van der Waals surface area contributed by atoms with Crippen LogP contribution in [0.4, 0.5) is 11.5 Å². The summed E-state index contributed by atoms with van der Waals surface area (Å²) in [6.45, 7) is 1.71. The average Bonchev–Trinajstić information content (AvgIpc) is 3.39. The molecule has 1 aliphatic rings. The van der Waals surface area contributed by atoms with Crippen LogP contribution in [0.3, 0.4) is 0 Å². The summed E-state index contributed by atoms with van der Waals surface area (Å²) in [5.74, 6) is -0.236. The minimum absolute atomic E-state index is 0.0118. The van der Waals surface area contributed by atoms with Crippen LogP contribution in [0, 0.1) is 6.92 Å². The van der Waals surface area contributed by atoms with E-state index in [1.54, 1.807) is 25.1 Å². The Balaban J connectivity index is 1.54.